The molecule has 0 radical (unpaired) electrons. The van der Waals surface area contributed by atoms with E-state index in [0.29, 0.717) is 19.0 Å². The Morgan fingerprint density at radius 3 is 2.59 bits per heavy atom. The van der Waals surface area contributed by atoms with E-state index in [9.17, 15) is 4.39 Å². The van der Waals surface area contributed by atoms with Crippen molar-refractivity contribution in [2.45, 2.75) is 13.0 Å². The molecule has 0 atom stereocenters. The summed E-state index contributed by atoms with van der Waals surface area (Å²) in [5, 5.41) is 14.2. The fourth-order valence-corrected chi connectivity index (χ4v) is 1.83. The number of aromatic nitrogens is 3. The van der Waals surface area contributed by atoms with Crippen molar-refractivity contribution in [1.29, 1.82) is 0 Å². The van der Waals surface area contributed by atoms with Gasteiger partial charge in [0.05, 0.1) is 6.54 Å². The molecule has 22 heavy (non-hydrogen) atoms. The van der Waals surface area contributed by atoms with E-state index in [4.69, 9.17) is 0 Å². The second kappa shape index (κ2) is 9.34. The Morgan fingerprint density at radius 2 is 2.00 bits per heavy atom. The molecule has 2 N–H and O–H groups in total. The van der Waals surface area contributed by atoms with Gasteiger partial charge in [0.1, 0.15) is 12.1 Å². The Kier molecular flexibility index (Phi) is 7.78. The highest BCUT2D eigenvalue weighted by Gasteiger charge is 2.02. The minimum atomic E-state index is -0.215. The van der Waals surface area contributed by atoms with E-state index in [1.165, 1.54) is 12.1 Å². The molecule has 0 aliphatic heterocycles. The van der Waals surface area contributed by atoms with Crippen molar-refractivity contribution in [3.63, 3.8) is 0 Å². The Morgan fingerprint density at radius 1 is 1.27 bits per heavy atom. The van der Waals surface area contributed by atoms with Crippen LogP contribution in [0, 0.1) is 5.82 Å². The van der Waals surface area contributed by atoms with Gasteiger partial charge < -0.3 is 15.2 Å². The first-order valence-corrected chi connectivity index (χ1v) is 6.71. The third kappa shape index (κ3) is 5.58. The number of aryl methyl sites for hydroxylation is 1. The van der Waals surface area contributed by atoms with Gasteiger partial charge in [0.2, 0.25) is 0 Å². The van der Waals surface area contributed by atoms with Crippen molar-refractivity contribution in [3.8, 4) is 0 Å². The van der Waals surface area contributed by atoms with Crippen LogP contribution in [0.4, 0.5) is 4.39 Å². The highest BCUT2D eigenvalue weighted by Crippen LogP contribution is 2.02. The quantitative estimate of drug-likeness (QED) is 0.439. The van der Waals surface area contributed by atoms with Crippen LogP contribution in [0.5, 0.6) is 0 Å². The second-order valence-corrected chi connectivity index (χ2v) is 4.59. The van der Waals surface area contributed by atoms with Crippen molar-refractivity contribution in [2.24, 2.45) is 12.0 Å². The molecule has 1 aromatic heterocycles. The maximum absolute atomic E-state index is 12.8. The molecular formula is C14H20FIN6. The first-order valence-electron chi connectivity index (χ1n) is 6.71. The summed E-state index contributed by atoms with van der Waals surface area (Å²) in [6.45, 7) is 1.26. The number of nitrogens with one attached hydrogen (secondary N) is 2. The number of benzene rings is 1. The summed E-state index contributed by atoms with van der Waals surface area (Å²) in [6, 6.07) is 6.51. The maximum Gasteiger partial charge on any atom is 0.191 e. The van der Waals surface area contributed by atoms with Gasteiger partial charge in [0.25, 0.3) is 0 Å². The fraction of sp³-hybridized carbons (Fsp3) is 0.357. The second-order valence-electron chi connectivity index (χ2n) is 4.59. The van der Waals surface area contributed by atoms with E-state index in [0.717, 1.165) is 17.8 Å². The maximum atomic E-state index is 12.8. The van der Waals surface area contributed by atoms with Gasteiger partial charge in [-0.25, -0.2) is 4.39 Å². The third-order valence-corrected chi connectivity index (χ3v) is 3.06. The van der Waals surface area contributed by atoms with Crippen molar-refractivity contribution >= 4 is 29.9 Å². The molecule has 120 valence electrons. The molecule has 2 aromatic rings. The van der Waals surface area contributed by atoms with Crippen molar-refractivity contribution in [2.75, 3.05) is 13.6 Å². The molecule has 0 saturated carbocycles. The first kappa shape index (κ1) is 18.3. The van der Waals surface area contributed by atoms with E-state index < -0.39 is 0 Å². The molecule has 0 amide bonds. The lowest BCUT2D eigenvalue weighted by molar-refractivity contribution is 0.626. The van der Waals surface area contributed by atoms with Crippen LogP contribution < -0.4 is 10.6 Å². The van der Waals surface area contributed by atoms with E-state index in [-0.39, 0.29) is 29.8 Å². The molecule has 0 saturated heterocycles. The monoisotopic (exact) mass is 418 g/mol. The van der Waals surface area contributed by atoms with Crippen LogP contribution >= 0.6 is 24.0 Å². The van der Waals surface area contributed by atoms with Crippen molar-refractivity contribution in [1.82, 2.24) is 25.4 Å². The van der Waals surface area contributed by atoms with Gasteiger partial charge in [-0.3, -0.25) is 4.99 Å². The molecule has 1 aromatic carbocycles. The van der Waals surface area contributed by atoms with Crippen LogP contribution in [0.3, 0.4) is 0 Å². The minimum Gasteiger partial charge on any atom is -0.356 e. The summed E-state index contributed by atoms with van der Waals surface area (Å²) in [7, 11) is 3.60. The van der Waals surface area contributed by atoms with Crippen LogP contribution in [-0.2, 0) is 20.0 Å². The number of hydrogen-bond acceptors (Lipinski definition) is 3. The SMILES string of the molecule is CN=C(NCCc1ccc(F)cc1)NCc1nncn1C.I. The van der Waals surface area contributed by atoms with E-state index in [1.54, 1.807) is 25.5 Å². The molecular weight excluding hydrogens is 398 g/mol. The van der Waals surface area contributed by atoms with Gasteiger partial charge in [0.15, 0.2) is 11.8 Å². The number of rotatable bonds is 5. The van der Waals surface area contributed by atoms with Crippen LogP contribution in [0.1, 0.15) is 11.4 Å². The van der Waals surface area contributed by atoms with Crippen molar-refractivity contribution in [3.05, 3.63) is 47.8 Å². The predicted molar refractivity (Wildman–Crippen MR) is 94.7 cm³/mol. The van der Waals surface area contributed by atoms with Gasteiger partial charge in [-0.05, 0) is 24.1 Å². The fourth-order valence-electron chi connectivity index (χ4n) is 1.83. The summed E-state index contributed by atoms with van der Waals surface area (Å²) in [4.78, 5) is 4.14. The normalized spacial score (nSPS) is 11.0. The molecule has 0 spiro atoms. The molecule has 0 unspecified atom stereocenters. The topological polar surface area (TPSA) is 67.1 Å². The number of guanidine groups is 1. The summed E-state index contributed by atoms with van der Waals surface area (Å²) in [6.07, 6.45) is 2.45. The summed E-state index contributed by atoms with van der Waals surface area (Å²) in [5.74, 6) is 1.31. The van der Waals surface area contributed by atoms with E-state index >= 15 is 0 Å². The van der Waals surface area contributed by atoms with Gasteiger partial charge in [0, 0.05) is 20.6 Å². The van der Waals surface area contributed by atoms with E-state index in [1.807, 2.05) is 11.6 Å². The van der Waals surface area contributed by atoms with Crippen LogP contribution in [0.2, 0.25) is 0 Å². The number of nitrogens with zero attached hydrogens (tertiary/aromatic N) is 4. The number of halogens is 2. The number of hydrogen-bond donors (Lipinski definition) is 2. The van der Waals surface area contributed by atoms with Gasteiger partial charge in [-0.2, -0.15) is 0 Å². The third-order valence-electron chi connectivity index (χ3n) is 3.06. The predicted octanol–water partition coefficient (Wildman–Crippen LogP) is 1.48. The zero-order valence-electron chi connectivity index (χ0n) is 12.6. The van der Waals surface area contributed by atoms with Crippen molar-refractivity contribution < 1.29 is 4.39 Å². The Labute approximate surface area is 146 Å². The number of aliphatic imine (C=N–C) groups is 1. The lowest BCUT2D eigenvalue weighted by Gasteiger charge is -2.11. The van der Waals surface area contributed by atoms with Gasteiger partial charge >= 0.3 is 0 Å². The molecule has 0 aliphatic carbocycles. The van der Waals surface area contributed by atoms with E-state index in [2.05, 4.69) is 25.8 Å². The largest absolute Gasteiger partial charge is 0.356 e. The lowest BCUT2D eigenvalue weighted by Crippen LogP contribution is -2.38. The molecule has 8 heteroatoms. The Hall–Kier alpha value is -1.71. The Balaban J connectivity index is 0.00000242. The van der Waals surface area contributed by atoms with Crippen LogP contribution in [0.25, 0.3) is 0 Å². The average Bonchev–Trinajstić information content (AvgIpc) is 2.90. The smallest absolute Gasteiger partial charge is 0.191 e. The standard InChI is InChI=1S/C14H19FN6.HI/c1-16-14(18-9-13-20-19-10-21(13)2)17-8-7-11-3-5-12(15)6-4-11;/h3-6,10H,7-9H2,1-2H3,(H2,16,17,18);1H. The summed E-state index contributed by atoms with van der Waals surface area (Å²) < 4.78 is 14.6. The minimum absolute atomic E-state index is 0. The molecule has 0 fully saturated rings. The zero-order chi connectivity index (χ0) is 15.1. The summed E-state index contributed by atoms with van der Waals surface area (Å²) in [5.41, 5.74) is 1.08. The highest BCUT2D eigenvalue weighted by molar-refractivity contribution is 14.0. The molecule has 0 bridgehead atoms. The zero-order valence-corrected chi connectivity index (χ0v) is 14.9. The van der Waals surface area contributed by atoms with Gasteiger partial charge in [-0.15, -0.1) is 34.2 Å². The van der Waals surface area contributed by atoms with Crippen LogP contribution in [0.15, 0.2) is 35.6 Å². The molecule has 6 nitrogen and oxygen atoms in total. The molecule has 1 heterocycles. The Bertz CT molecular complexity index is 596. The highest BCUT2D eigenvalue weighted by atomic mass is 127. The average molecular weight is 418 g/mol. The molecule has 0 aliphatic rings. The summed E-state index contributed by atoms with van der Waals surface area (Å²) >= 11 is 0. The lowest BCUT2D eigenvalue weighted by atomic mass is 10.1. The van der Waals surface area contributed by atoms with Gasteiger partial charge in [-0.1, -0.05) is 12.1 Å². The molecule has 2 rings (SSSR count). The van der Waals surface area contributed by atoms with Crippen LogP contribution in [-0.4, -0.2) is 34.3 Å². The first-order chi connectivity index (χ1) is 10.2.